The van der Waals surface area contributed by atoms with E-state index in [1.165, 1.54) is 26.3 Å². The minimum absolute atomic E-state index is 0.0466. The monoisotopic (exact) mass is 400 g/mol. The van der Waals surface area contributed by atoms with E-state index in [9.17, 15) is 14.4 Å². The number of hydrogen-bond acceptors (Lipinski definition) is 9. The Balaban J connectivity index is 1.80. The number of anilines is 1. The highest BCUT2D eigenvalue weighted by Crippen LogP contribution is 2.46. The van der Waals surface area contributed by atoms with Gasteiger partial charge in [0.05, 0.1) is 17.8 Å². The molecular weight excluding hydrogens is 380 g/mol. The van der Waals surface area contributed by atoms with Crippen LogP contribution in [-0.2, 0) is 23.8 Å². The predicted octanol–water partition coefficient (Wildman–Crippen LogP) is 1.65. The van der Waals surface area contributed by atoms with Crippen LogP contribution in [0.1, 0.15) is 33.4 Å². The van der Waals surface area contributed by atoms with Crippen LogP contribution in [0.2, 0.25) is 0 Å². The SMILES string of the molecule is CC(=O)OC[C@@H]1C[C@@](C)(OC(C)=O)C(n2cc3ccc(=O)nc4c3c2N=CN4)O1. The van der Waals surface area contributed by atoms with Crippen molar-refractivity contribution in [2.24, 2.45) is 4.99 Å². The Morgan fingerprint density at radius 3 is 2.86 bits per heavy atom. The first-order valence-electron chi connectivity index (χ1n) is 9.10. The summed E-state index contributed by atoms with van der Waals surface area (Å²) >= 11 is 0. The molecular formula is C19H20N4O6. The quantitative estimate of drug-likeness (QED) is 0.769. The number of aromatic nitrogens is 2. The van der Waals surface area contributed by atoms with Gasteiger partial charge in [0.1, 0.15) is 18.2 Å². The lowest BCUT2D eigenvalue weighted by Gasteiger charge is -2.30. The van der Waals surface area contributed by atoms with Crippen molar-refractivity contribution in [1.82, 2.24) is 9.55 Å². The molecule has 2 aliphatic heterocycles. The van der Waals surface area contributed by atoms with Crippen LogP contribution in [0.4, 0.5) is 11.6 Å². The lowest BCUT2D eigenvalue weighted by Crippen LogP contribution is -2.37. The Bertz CT molecular complexity index is 1090. The van der Waals surface area contributed by atoms with Gasteiger partial charge in [0.15, 0.2) is 11.8 Å². The van der Waals surface area contributed by atoms with E-state index < -0.39 is 29.9 Å². The van der Waals surface area contributed by atoms with E-state index in [2.05, 4.69) is 15.3 Å². The van der Waals surface area contributed by atoms with Gasteiger partial charge in [-0.2, -0.15) is 4.98 Å². The highest BCUT2D eigenvalue weighted by Gasteiger charge is 2.50. The standard InChI is InChI=1S/C19H20N4O6/c1-10(24)27-8-13-6-19(3,29-11(2)25)18(28-13)23-7-12-4-5-14(26)22-16-15(12)17(23)21-9-20-16/h4-5,7,9,13,18H,6,8H2,1-3H3,(H,20,21,22,26)/t13-,18?,19+/m0/s1. The molecule has 2 aliphatic rings. The second-order valence-corrected chi connectivity index (χ2v) is 7.25. The maximum atomic E-state index is 11.8. The van der Waals surface area contributed by atoms with Crippen LogP contribution >= 0.6 is 0 Å². The van der Waals surface area contributed by atoms with Crippen LogP contribution in [-0.4, -0.2) is 46.1 Å². The summed E-state index contributed by atoms with van der Waals surface area (Å²) in [6, 6.07) is 3.03. The topological polar surface area (TPSA) is 121 Å². The molecule has 2 aromatic heterocycles. The molecule has 4 rings (SSSR count). The van der Waals surface area contributed by atoms with Crippen LogP contribution < -0.4 is 10.9 Å². The fraction of sp³-hybridized carbons (Fsp3) is 0.421. The third-order valence-electron chi connectivity index (χ3n) is 4.87. The number of carbonyl (C=O) groups is 2. The highest BCUT2D eigenvalue weighted by molar-refractivity contribution is 6.06. The second kappa shape index (κ2) is 6.96. The number of esters is 2. The van der Waals surface area contributed by atoms with E-state index in [1.807, 2.05) is 0 Å². The van der Waals surface area contributed by atoms with Gasteiger partial charge in [0, 0.05) is 37.9 Å². The van der Waals surface area contributed by atoms with Crippen molar-refractivity contribution in [2.75, 3.05) is 11.9 Å². The van der Waals surface area contributed by atoms with Gasteiger partial charge in [-0.1, -0.05) is 0 Å². The van der Waals surface area contributed by atoms with Crippen LogP contribution in [0.5, 0.6) is 0 Å². The van der Waals surface area contributed by atoms with E-state index in [4.69, 9.17) is 14.2 Å². The van der Waals surface area contributed by atoms with Gasteiger partial charge < -0.3 is 24.1 Å². The summed E-state index contributed by atoms with van der Waals surface area (Å²) in [6.07, 6.45) is 2.38. The van der Waals surface area contributed by atoms with Crippen molar-refractivity contribution in [3.63, 3.8) is 0 Å². The molecule has 10 heteroatoms. The fourth-order valence-electron chi connectivity index (χ4n) is 3.85. The third-order valence-corrected chi connectivity index (χ3v) is 4.87. The lowest BCUT2D eigenvalue weighted by atomic mass is 9.99. The van der Waals surface area contributed by atoms with E-state index >= 15 is 0 Å². The summed E-state index contributed by atoms with van der Waals surface area (Å²) in [5.41, 5.74) is -1.39. The number of nitrogens with one attached hydrogen (secondary N) is 1. The molecule has 1 unspecified atom stereocenters. The van der Waals surface area contributed by atoms with Gasteiger partial charge >= 0.3 is 11.9 Å². The molecule has 0 amide bonds. The van der Waals surface area contributed by atoms with Crippen molar-refractivity contribution in [3.8, 4) is 0 Å². The Labute approximate surface area is 165 Å². The summed E-state index contributed by atoms with van der Waals surface area (Å²) < 4.78 is 18.6. The Hall–Kier alpha value is -3.27. The van der Waals surface area contributed by atoms with Crippen LogP contribution in [0.3, 0.4) is 0 Å². The minimum atomic E-state index is -1.01. The van der Waals surface area contributed by atoms with Gasteiger partial charge in [-0.15, -0.1) is 0 Å². The predicted molar refractivity (Wildman–Crippen MR) is 103 cm³/mol. The zero-order chi connectivity index (χ0) is 20.8. The average molecular weight is 400 g/mol. The van der Waals surface area contributed by atoms with Crippen LogP contribution in [0, 0.1) is 0 Å². The molecule has 2 aromatic rings. The molecule has 0 spiro atoms. The molecule has 4 heterocycles. The molecule has 0 aliphatic carbocycles. The van der Waals surface area contributed by atoms with Crippen molar-refractivity contribution < 1.29 is 23.8 Å². The smallest absolute Gasteiger partial charge is 0.303 e. The molecule has 29 heavy (non-hydrogen) atoms. The average Bonchev–Trinajstić information content (AvgIpc) is 3.10. The van der Waals surface area contributed by atoms with Crippen LogP contribution in [0.25, 0.3) is 10.8 Å². The Morgan fingerprint density at radius 1 is 1.34 bits per heavy atom. The van der Waals surface area contributed by atoms with Crippen molar-refractivity contribution in [3.05, 3.63) is 28.7 Å². The summed E-state index contributed by atoms with van der Waals surface area (Å²) in [6.45, 7) is 4.47. The first-order valence-corrected chi connectivity index (χ1v) is 9.10. The first-order chi connectivity index (χ1) is 13.8. The van der Waals surface area contributed by atoms with Gasteiger partial charge in [0.25, 0.3) is 5.56 Å². The maximum absolute atomic E-state index is 11.8. The van der Waals surface area contributed by atoms with E-state index in [1.54, 1.807) is 23.8 Å². The fourth-order valence-corrected chi connectivity index (χ4v) is 3.85. The highest BCUT2D eigenvalue weighted by atomic mass is 16.6. The zero-order valence-corrected chi connectivity index (χ0v) is 16.2. The normalized spacial score (nSPS) is 24.9. The van der Waals surface area contributed by atoms with Gasteiger partial charge in [-0.05, 0) is 13.0 Å². The number of carbonyl (C=O) groups excluding carboxylic acids is 2. The van der Waals surface area contributed by atoms with Crippen molar-refractivity contribution in [1.29, 1.82) is 0 Å². The molecule has 152 valence electrons. The van der Waals surface area contributed by atoms with Gasteiger partial charge in [0.2, 0.25) is 0 Å². The Kier molecular flexibility index (Phi) is 4.58. The molecule has 0 saturated carbocycles. The van der Waals surface area contributed by atoms with Crippen LogP contribution in [0.15, 0.2) is 28.1 Å². The molecule has 0 aromatic carbocycles. The molecule has 0 bridgehead atoms. The van der Waals surface area contributed by atoms with E-state index in [0.717, 1.165) is 5.39 Å². The molecule has 1 N–H and O–H groups in total. The Morgan fingerprint density at radius 2 is 2.14 bits per heavy atom. The van der Waals surface area contributed by atoms with Crippen molar-refractivity contribution >= 4 is 40.7 Å². The molecule has 0 radical (unpaired) electrons. The number of aliphatic imine (C=N–C) groups is 1. The molecule has 1 saturated heterocycles. The summed E-state index contributed by atoms with van der Waals surface area (Å²) in [5.74, 6) is 0.0469. The van der Waals surface area contributed by atoms with Crippen molar-refractivity contribution in [2.45, 2.75) is 45.1 Å². The minimum Gasteiger partial charge on any atom is -0.463 e. The zero-order valence-electron chi connectivity index (χ0n) is 16.2. The molecule has 1 fully saturated rings. The molecule has 3 atom stereocenters. The van der Waals surface area contributed by atoms with E-state index in [-0.39, 0.29) is 12.2 Å². The number of nitrogens with zero attached hydrogens (tertiary/aromatic N) is 3. The number of rotatable bonds is 4. The maximum Gasteiger partial charge on any atom is 0.303 e. The summed E-state index contributed by atoms with van der Waals surface area (Å²) in [5, 5.41) is 4.27. The lowest BCUT2D eigenvalue weighted by molar-refractivity contribution is -0.167. The summed E-state index contributed by atoms with van der Waals surface area (Å²) in [7, 11) is 0. The number of ether oxygens (including phenoxy) is 3. The summed E-state index contributed by atoms with van der Waals surface area (Å²) in [4.78, 5) is 43.2. The third kappa shape index (κ3) is 3.46. The largest absolute Gasteiger partial charge is 0.463 e. The second-order valence-electron chi connectivity index (χ2n) is 7.25. The van der Waals surface area contributed by atoms with Gasteiger partial charge in [-0.3, -0.25) is 14.4 Å². The molecule has 10 nitrogen and oxygen atoms in total. The van der Waals surface area contributed by atoms with E-state index in [0.29, 0.717) is 23.4 Å². The van der Waals surface area contributed by atoms with Gasteiger partial charge in [-0.25, -0.2) is 4.99 Å². The first kappa shape index (κ1) is 19.1. The number of hydrogen-bond donors (Lipinski definition) is 1.